The highest BCUT2D eigenvalue weighted by Crippen LogP contribution is 2.44. The molecule has 2 amide bonds. The predicted molar refractivity (Wildman–Crippen MR) is 77.7 cm³/mol. The number of nitrogens with zero attached hydrogens (tertiary/aromatic N) is 1. The molecule has 0 saturated carbocycles. The maximum atomic E-state index is 12.5. The summed E-state index contributed by atoms with van der Waals surface area (Å²) in [4.78, 5) is 25.7. The van der Waals surface area contributed by atoms with Crippen LogP contribution in [0.1, 0.15) is 17.9 Å². The topological polar surface area (TPSA) is 81.9 Å². The highest BCUT2D eigenvalue weighted by molar-refractivity contribution is 6.09. The lowest BCUT2D eigenvalue weighted by molar-refractivity contribution is -0.144. The van der Waals surface area contributed by atoms with E-state index < -0.39 is 11.8 Å². The molecule has 0 radical (unpaired) electrons. The lowest BCUT2D eigenvalue weighted by atomic mass is 9.82. The summed E-state index contributed by atoms with van der Waals surface area (Å²) in [5.41, 5.74) is 6.92. The van der Waals surface area contributed by atoms with E-state index in [2.05, 4.69) is 5.92 Å². The summed E-state index contributed by atoms with van der Waals surface area (Å²) in [5, 5.41) is 0. The van der Waals surface area contributed by atoms with Crippen molar-refractivity contribution in [3.63, 3.8) is 0 Å². The van der Waals surface area contributed by atoms with E-state index in [9.17, 15) is 9.59 Å². The number of piperidine rings is 1. The second-order valence-electron chi connectivity index (χ2n) is 5.03. The molecular weight excluding hydrogens is 284 g/mol. The number of benzene rings is 1. The lowest BCUT2D eigenvalue weighted by Crippen LogP contribution is -2.46. The van der Waals surface area contributed by atoms with Crippen molar-refractivity contribution in [3.8, 4) is 23.8 Å². The molecule has 2 N–H and O–H groups in total. The summed E-state index contributed by atoms with van der Waals surface area (Å²) in [6.45, 7) is -0.0728. The summed E-state index contributed by atoms with van der Waals surface area (Å²) in [5.74, 6) is 2.20. The number of imide groups is 1. The van der Waals surface area contributed by atoms with Gasteiger partial charge in [-0.05, 0) is 6.07 Å². The van der Waals surface area contributed by atoms with E-state index in [0.717, 1.165) is 10.5 Å². The Hall–Kier alpha value is -2.94. The molecule has 1 unspecified atom stereocenters. The molecule has 0 bridgehead atoms. The summed E-state index contributed by atoms with van der Waals surface area (Å²) in [6, 6.07) is 5.22. The average molecular weight is 298 g/mol. The fraction of sp³-hybridized carbons (Fsp3) is 0.250. The van der Waals surface area contributed by atoms with Gasteiger partial charge in [0.05, 0.1) is 19.2 Å². The van der Waals surface area contributed by atoms with Crippen LogP contribution >= 0.6 is 0 Å². The molecule has 0 aromatic heterocycles. The molecule has 6 heteroatoms. The quantitative estimate of drug-likeness (QED) is 0.643. The minimum Gasteiger partial charge on any atom is -0.497 e. The molecule has 22 heavy (non-hydrogen) atoms. The third-order valence-electron chi connectivity index (χ3n) is 3.83. The second-order valence-corrected chi connectivity index (χ2v) is 5.03. The highest BCUT2D eigenvalue weighted by Gasteiger charge is 2.43. The molecule has 3 rings (SSSR count). The Morgan fingerprint density at radius 2 is 2.27 bits per heavy atom. The van der Waals surface area contributed by atoms with Gasteiger partial charge in [-0.2, -0.15) is 0 Å². The number of hydrogen-bond acceptors (Lipinski definition) is 5. The average Bonchev–Trinajstić information content (AvgIpc) is 2.50. The van der Waals surface area contributed by atoms with Gasteiger partial charge >= 0.3 is 0 Å². The van der Waals surface area contributed by atoms with Gasteiger partial charge in [-0.25, -0.2) is 0 Å². The van der Waals surface area contributed by atoms with E-state index in [1.54, 1.807) is 25.3 Å². The predicted octanol–water partition coefficient (Wildman–Crippen LogP) is 0.734. The number of amides is 2. The first-order valence-electron chi connectivity index (χ1n) is 6.70. The zero-order valence-electron chi connectivity index (χ0n) is 12.0. The Kier molecular flexibility index (Phi) is 3.26. The van der Waals surface area contributed by atoms with Crippen LogP contribution in [0.15, 0.2) is 29.7 Å². The first-order valence-corrected chi connectivity index (χ1v) is 6.70. The summed E-state index contributed by atoms with van der Waals surface area (Å²) < 4.78 is 10.7. The molecule has 0 aliphatic carbocycles. The van der Waals surface area contributed by atoms with E-state index in [1.807, 2.05) is 0 Å². The third kappa shape index (κ3) is 1.99. The molecule has 112 valence electrons. The van der Waals surface area contributed by atoms with Gasteiger partial charge in [-0.3, -0.25) is 14.5 Å². The number of hydrogen-bond donors (Lipinski definition) is 1. The maximum Gasteiger partial charge on any atom is 0.263 e. The standard InChI is InChI=1S/C16H14N2O4/c1-3-6-18-13(19)8-11-10-5-4-9(21-2)7-12(10)22-15(17)14(11)16(18)20/h1,4-5,7,11H,6,8,17H2,2H3. The molecular formula is C16H14N2O4. The molecule has 1 aromatic carbocycles. The Morgan fingerprint density at radius 1 is 1.50 bits per heavy atom. The van der Waals surface area contributed by atoms with Gasteiger partial charge in [-0.1, -0.05) is 12.0 Å². The van der Waals surface area contributed by atoms with Gasteiger partial charge < -0.3 is 15.2 Å². The summed E-state index contributed by atoms with van der Waals surface area (Å²) in [7, 11) is 1.54. The van der Waals surface area contributed by atoms with E-state index in [0.29, 0.717) is 11.5 Å². The van der Waals surface area contributed by atoms with Gasteiger partial charge in [0.25, 0.3) is 5.91 Å². The number of fused-ring (bicyclic) bond motifs is 3. The SMILES string of the molecule is C#CCN1C(=O)CC2C(=C(N)Oc3cc(OC)ccc32)C1=O. The van der Waals surface area contributed by atoms with Gasteiger partial charge in [-0.15, -0.1) is 6.42 Å². The first kappa shape index (κ1) is 14.0. The zero-order chi connectivity index (χ0) is 15.9. The Balaban J connectivity index is 2.06. The van der Waals surface area contributed by atoms with Crippen molar-refractivity contribution in [3.05, 3.63) is 35.2 Å². The van der Waals surface area contributed by atoms with E-state index >= 15 is 0 Å². The molecule has 1 fully saturated rings. The highest BCUT2D eigenvalue weighted by atomic mass is 16.5. The lowest BCUT2D eigenvalue weighted by Gasteiger charge is -2.35. The van der Waals surface area contributed by atoms with E-state index in [4.69, 9.17) is 21.6 Å². The van der Waals surface area contributed by atoms with Crippen LogP contribution in [0.3, 0.4) is 0 Å². The Morgan fingerprint density at radius 3 is 2.95 bits per heavy atom. The monoisotopic (exact) mass is 298 g/mol. The van der Waals surface area contributed by atoms with Crippen molar-refractivity contribution in [1.82, 2.24) is 4.90 Å². The van der Waals surface area contributed by atoms with Gasteiger partial charge in [0.15, 0.2) is 5.88 Å². The Bertz CT molecular complexity index is 745. The van der Waals surface area contributed by atoms with Crippen molar-refractivity contribution in [2.45, 2.75) is 12.3 Å². The van der Waals surface area contributed by atoms with E-state index in [1.165, 1.54) is 0 Å². The van der Waals surface area contributed by atoms with E-state index in [-0.39, 0.29) is 30.3 Å². The largest absolute Gasteiger partial charge is 0.497 e. The molecule has 2 aliphatic rings. The molecule has 1 aromatic rings. The number of carbonyl (C=O) groups is 2. The van der Waals surface area contributed by atoms with Crippen LogP contribution in [0.4, 0.5) is 0 Å². The molecule has 2 aliphatic heterocycles. The van der Waals surface area contributed by atoms with Crippen LogP contribution in [0.2, 0.25) is 0 Å². The van der Waals surface area contributed by atoms with Crippen LogP contribution < -0.4 is 15.2 Å². The summed E-state index contributed by atoms with van der Waals surface area (Å²) in [6.07, 6.45) is 5.34. The first-order chi connectivity index (χ1) is 10.6. The normalized spacial score (nSPS) is 20.0. The van der Waals surface area contributed by atoms with Crippen LogP contribution in [-0.2, 0) is 9.59 Å². The fourth-order valence-corrected chi connectivity index (χ4v) is 2.78. The number of likely N-dealkylation sites (tertiary alicyclic amines) is 1. The fourth-order valence-electron chi connectivity index (χ4n) is 2.78. The molecule has 1 saturated heterocycles. The van der Waals surface area contributed by atoms with Crippen molar-refractivity contribution < 1.29 is 19.1 Å². The molecule has 1 atom stereocenters. The molecule has 6 nitrogen and oxygen atoms in total. The van der Waals surface area contributed by atoms with Crippen LogP contribution in [0.25, 0.3) is 0 Å². The Labute approximate surface area is 127 Å². The second kappa shape index (κ2) is 5.11. The van der Waals surface area contributed by atoms with Crippen LogP contribution in [0, 0.1) is 12.3 Å². The zero-order valence-corrected chi connectivity index (χ0v) is 12.0. The summed E-state index contributed by atoms with van der Waals surface area (Å²) >= 11 is 0. The molecule has 2 heterocycles. The number of methoxy groups -OCH3 is 1. The smallest absolute Gasteiger partial charge is 0.263 e. The van der Waals surface area contributed by atoms with Crippen molar-refractivity contribution in [2.75, 3.05) is 13.7 Å². The van der Waals surface area contributed by atoms with Crippen LogP contribution in [0.5, 0.6) is 11.5 Å². The molecule has 0 spiro atoms. The van der Waals surface area contributed by atoms with Gasteiger partial charge in [0, 0.05) is 24.0 Å². The number of ether oxygens (including phenoxy) is 2. The number of rotatable bonds is 2. The van der Waals surface area contributed by atoms with Crippen molar-refractivity contribution in [2.24, 2.45) is 5.73 Å². The number of terminal acetylenes is 1. The van der Waals surface area contributed by atoms with Gasteiger partial charge in [0.1, 0.15) is 11.5 Å². The number of nitrogens with two attached hydrogens (primary N) is 1. The minimum absolute atomic E-state index is 0.00488. The van der Waals surface area contributed by atoms with Crippen molar-refractivity contribution >= 4 is 11.8 Å². The maximum absolute atomic E-state index is 12.5. The van der Waals surface area contributed by atoms with Crippen LogP contribution in [-0.4, -0.2) is 30.4 Å². The minimum atomic E-state index is -0.488. The van der Waals surface area contributed by atoms with Gasteiger partial charge in [0.2, 0.25) is 5.91 Å². The third-order valence-corrected chi connectivity index (χ3v) is 3.83. The van der Waals surface area contributed by atoms with Crippen molar-refractivity contribution in [1.29, 1.82) is 0 Å². The number of carbonyl (C=O) groups excluding carboxylic acids is 2.